The van der Waals surface area contributed by atoms with Gasteiger partial charge in [-0.2, -0.15) is 0 Å². The van der Waals surface area contributed by atoms with Gasteiger partial charge in [-0.3, -0.25) is 5.32 Å². The molecule has 0 rings (SSSR count). The van der Waals surface area contributed by atoms with Crippen LogP contribution in [0.5, 0.6) is 0 Å². The predicted octanol–water partition coefficient (Wildman–Crippen LogP) is 1.37. The maximum Gasteiger partial charge on any atom is 0.188 e. The molecule has 0 saturated carbocycles. The Kier molecular flexibility index (Phi) is 6.58. The van der Waals surface area contributed by atoms with E-state index in [9.17, 15) is 0 Å². The first kappa shape index (κ1) is 13.1. The lowest BCUT2D eigenvalue weighted by atomic mass is 10.3. The van der Waals surface area contributed by atoms with Crippen LogP contribution in [-0.4, -0.2) is 28.1 Å². The van der Waals surface area contributed by atoms with E-state index < -0.39 is 8.32 Å². The van der Waals surface area contributed by atoms with Crippen molar-refractivity contribution in [3.8, 4) is 0 Å². The summed E-state index contributed by atoms with van der Waals surface area (Å²) in [5.74, 6) is 0.733. The molecule has 0 amide bonds. The molecule has 0 aromatic rings. The highest BCUT2D eigenvalue weighted by Gasteiger charge is 2.23. The highest BCUT2D eigenvalue weighted by Crippen LogP contribution is 2.16. The minimum atomic E-state index is -1.42. The molecule has 0 fully saturated rings. The Morgan fingerprint density at radius 1 is 1.38 bits per heavy atom. The van der Waals surface area contributed by atoms with Gasteiger partial charge in [-0.15, -0.1) is 0 Å². The van der Waals surface area contributed by atoms with E-state index in [0.717, 1.165) is 12.5 Å². The average molecular weight is 204 g/mol. The minimum absolute atomic E-state index is 0.656. The standard InChI is InChI=1S/C9H24N2OSi/c1-9(2)7-13(3,4)12-8-11-6-5-10/h9,11H,5-8,10H2,1-4H3. The summed E-state index contributed by atoms with van der Waals surface area (Å²) in [4.78, 5) is 0. The first-order chi connectivity index (χ1) is 5.98. The fourth-order valence-electron chi connectivity index (χ4n) is 1.46. The van der Waals surface area contributed by atoms with E-state index in [1.165, 1.54) is 6.04 Å². The molecule has 0 aromatic carbocycles. The van der Waals surface area contributed by atoms with Crippen LogP contribution in [0.25, 0.3) is 0 Å². The minimum Gasteiger partial charge on any atom is -0.405 e. The largest absolute Gasteiger partial charge is 0.405 e. The molecule has 0 heterocycles. The van der Waals surface area contributed by atoms with Gasteiger partial charge < -0.3 is 10.2 Å². The van der Waals surface area contributed by atoms with Gasteiger partial charge in [0.25, 0.3) is 0 Å². The molecule has 80 valence electrons. The van der Waals surface area contributed by atoms with Gasteiger partial charge in [0.2, 0.25) is 0 Å². The Balaban J connectivity index is 3.50. The lowest BCUT2D eigenvalue weighted by Gasteiger charge is -2.24. The van der Waals surface area contributed by atoms with E-state index in [1.807, 2.05) is 0 Å². The van der Waals surface area contributed by atoms with Crippen LogP contribution in [0.2, 0.25) is 19.1 Å². The highest BCUT2D eigenvalue weighted by molar-refractivity contribution is 6.71. The van der Waals surface area contributed by atoms with E-state index in [4.69, 9.17) is 10.2 Å². The van der Waals surface area contributed by atoms with E-state index in [-0.39, 0.29) is 0 Å². The maximum absolute atomic E-state index is 5.81. The van der Waals surface area contributed by atoms with Gasteiger partial charge in [0, 0.05) is 13.1 Å². The third-order valence-corrected chi connectivity index (χ3v) is 4.51. The molecule has 13 heavy (non-hydrogen) atoms. The van der Waals surface area contributed by atoms with Crippen molar-refractivity contribution in [2.24, 2.45) is 11.7 Å². The van der Waals surface area contributed by atoms with Gasteiger partial charge in [0.05, 0.1) is 6.73 Å². The Labute approximate surface area is 83.2 Å². The molecule has 0 aliphatic heterocycles. The van der Waals surface area contributed by atoms with Crippen LogP contribution < -0.4 is 11.1 Å². The molecule has 0 aliphatic rings. The summed E-state index contributed by atoms with van der Waals surface area (Å²) in [5.41, 5.74) is 5.35. The number of rotatable bonds is 7. The summed E-state index contributed by atoms with van der Waals surface area (Å²) < 4.78 is 5.81. The smallest absolute Gasteiger partial charge is 0.188 e. The van der Waals surface area contributed by atoms with Crippen molar-refractivity contribution in [1.82, 2.24) is 5.32 Å². The first-order valence-corrected chi connectivity index (χ1v) is 8.14. The molecular weight excluding hydrogens is 180 g/mol. The van der Waals surface area contributed by atoms with Gasteiger partial charge in [-0.1, -0.05) is 13.8 Å². The van der Waals surface area contributed by atoms with Crippen molar-refractivity contribution in [1.29, 1.82) is 0 Å². The maximum atomic E-state index is 5.81. The zero-order chi connectivity index (χ0) is 10.3. The van der Waals surface area contributed by atoms with Crippen LogP contribution in [0, 0.1) is 5.92 Å². The molecule has 0 aliphatic carbocycles. The van der Waals surface area contributed by atoms with E-state index in [2.05, 4.69) is 32.3 Å². The third-order valence-electron chi connectivity index (χ3n) is 1.79. The lowest BCUT2D eigenvalue weighted by molar-refractivity contribution is 0.272. The summed E-state index contributed by atoms with van der Waals surface area (Å²) in [5, 5.41) is 3.15. The van der Waals surface area contributed by atoms with Crippen LogP contribution in [0.1, 0.15) is 13.8 Å². The number of nitrogens with two attached hydrogens (primary N) is 1. The average Bonchev–Trinajstić information content (AvgIpc) is 1.95. The highest BCUT2D eigenvalue weighted by atomic mass is 28.4. The zero-order valence-electron chi connectivity index (χ0n) is 9.39. The Hall–Kier alpha value is 0.0969. The fourth-order valence-corrected chi connectivity index (χ4v) is 4.04. The quantitative estimate of drug-likeness (QED) is 0.374. The van der Waals surface area contributed by atoms with Crippen molar-refractivity contribution in [3.05, 3.63) is 0 Å². The van der Waals surface area contributed by atoms with Crippen LogP contribution in [0.3, 0.4) is 0 Å². The van der Waals surface area contributed by atoms with E-state index in [1.54, 1.807) is 0 Å². The van der Waals surface area contributed by atoms with Gasteiger partial charge in [0.1, 0.15) is 0 Å². The van der Waals surface area contributed by atoms with E-state index >= 15 is 0 Å². The van der Waals surface area contributed by atoms with Gasteiger partial charge in [-0.05, 0) is 25.1 Å². The molecule has 0 aromatic heterocycles. The monoisotopic (exact) mass is 204 g/mol. The van der Waals surface area contributed by atoms with Gasteiger partial charge in [0.15, 0.2) is 8.32 Å². The second-order valence-electron chi connectivity index (χ2n) is 4.44. The van der Waals surface area contributed by atoms with E-state index in [0.29, 0.717) is 13.3 Å². The predicted molar refractivity (Wildman–Crippen MR) is 60.1 cm³/mol. The molecular formula is C9H24N2OSi. The van der Waals surface area contributed by atoms with Gasteiger partial charge in [-0.25, -0.2) is 0 Å². The van der Waals surface area contributed by atoms with Crippen molar-refractivity contribution in [3.63, 3.8) is 0 Å². The molecule has 0 unspecified atom stereocenters. The van der Waals surface area contributed by atoms with Crippen LogP contribution in [-0.2, 0) is 4.43 Å². The molecule has 0 saturated heterocycles. The van der Waals surface area contributed by atoms with Gasteiger partial charge >= 0.3 is 0 Å². The number of hydrogen-bond donors (Lipinski definition) is 2. The lowest BCUT2D eigenvalue weighted by Crippen LogP contribution is -2.37. The second-order valence-corrected chi connectivity index (χ2v) is 8.65. The SMILES string of the molecule is CC(C)C[Si](C)(C)OCNCCN. The third kappa shape index (κ3) is 8.43. The second kappa shape index (κ2) is 6.54. The van der Waals surface area contributed by atoms with Crippen molar-refractivity contribution < 1.29 is 4.43 Å². The summed E-state index contributed by atoms with van der Waals surface area (Å²) in [6.45, 7) is 11.2. The molecule has 3 N–H and O–H groups in total. The zero-order valence-corrected chi connectivity index (χ0v) is 10.4. The Morgan fingerprint density at radius 3 is 2.46 bits per heavy atom. The van der Waals surface area contributed by atoms with Crippen LogP contribution in [0.4, 0.5) is 0 Å². The van der Waals surface area contributed by atoms with Crippen LogP contribution in [0.15, 0.2) is 0 Å². The molecule has 0 atom stereocenters. The molecule has 0 radical (unpaired) electrons. The number of hydrogen-bond acceptors (Lipinski definition) is 3. The van der Waals surface area contributed by atoms with Crippen molar-refractivity contribution in [2.45, 2.75) is 33.0 Å². The topological polar surface area (TPSA) is 47.3 Å². The summed E-state index contributed by atoms with van der Waals surface area (Å²) in [7, 11) is -1.42. The summed E-state index contributed by atoms with van der Waals surface area (Å²) in [6, 6.07) is 1.22. The Bertz CT molecular complexity index is 129. The molecule has 0 spiro atoms. The van der Waals surface area contributed by atoms with Crippen molar-refractivity contribution >= 4 is 8.32 Å². The fraction of sp³-hybridized carbons (Fsp3) is 1.00. The van der Waals surface area contributed by atoms with Crippen LogP contribution >= 0.6 is 0 Å². The number of nitrogens with one attached hydrogen (secondary N) is 1. The molecule has 0 bridgehead atoms. The van der Waals surface area contributed by atoms with Crippen molar-refractivity contribution in [2.75, 3.05) is 19.8 Å². The molecule has 4 heteroatoms. The normalized spacial score (nSPS) is 12.5. The summed E-state index contributed by atoms with van der Waals surface area (Å²) in [6.07, 6.45) is 0. The Morgan fingerprint density at radius 2 is 2.00 bits per heavy atom. The summed E-state index contributed by atoms with van der Waals surface area (Å²) >= 11 is 0. The first-order valence-electron chi connectivity index (χ1n) is 5.02. The molecule has 3 nitrogen and oxygen atoms in total.